The Morgan fingerprint density at radius 1 is 1.26 bits per heavy atom. The van der Waals surface area contributed by atoms with Crippen LogP contribution in [0.15, 0.2) is 24.7 Å². The van der Waals surface area contributed by atoms with E-state index in [0.717, 1.165) is 6.54 Å². The second kappa shape index (κ2) is 9.66. The number of nitrogens with one attached hydrogen (secondary N) is 2. The summed E-state index contributed by atoms with van der Waals surface area (Å²) in [6.07, 6.45) is 3.14. The standard InChI is InChI=1S/C22H25F2N7O4/c23-19(24)18-16(11-31(29-18)13-3-1-12(2-4-13)22(33)34)28-21(32)14-9-26-30-7-5-15(27-20(14)30)17-10-25-6-8-35-17/h5,7,9,11-13,17,19,25H,1-4,6,8,10H2,(H,28,32)(H,33,34). The Kier molecular flexibility index (Phi) is 6.43. The Hall–Kier alpha value is -3.45. The molecule has 3 aromatic heterocycles. The Bertz CT molecular complexity index is 1230. The molecule has 2 fully saturated rings. The second-order valence-corrected chi connectivity index (χ2v) is 8.75. The molecular weight excluding hydrogens is 464 g/mol. The SMILES string of the molecule is O=C(Nc1cn(C2CCC(C(=O)O)CC2)nc1C(F)F)c1cnn2ccc(C3CNCCO3)nc12. The van der Waals surface area contributed by atoms with E-state index in [-0.39, 0.29) is 29.0 Å². The van der Waals surface area contributed by atoms with Crippen molar-refractivity contribution in [3.05, 3.63) is 41.6 Å². The summed E-state index contributed by atoms with van der Waals surface area (Å²) in [6, 6.07) is 1.55. The molecule has 0 radical (unpaired) electrons. The number of anilines is 1. The molecule has 1 saturated heterocycles. The number of carboxylic acids is 1. The van der Waals surface area contributed by atoms with Crippen molar-refractivity contribution in [3.63, 3.8) is 0 Å². The molecule has 13 heteroatoms. The number of hydrogen-bond donors (Lipinski definition) is 3. The number of morpholine rings is 1. The van der Waals surface area contributed by atoms with Crippen LogP contribution in [0.1, 0.15) is 66.0 Å². The molecule has 1 atom stereocenters. The Morgan fingerprint density at radius 3 is 2.74 bits per heavy atom. The molecule has 0 spiro atoms. The molecule has 4 heterocycles. The van der Waals surface area contributed by atoms with E-state index in [4.69, 9.17) is 4.74 Å². The number of ether oxygens (including phenoxy) is 1. The van der Waals surface area contributed by atoms with Gasteiger partial charge >= 0.3 is 5.97 Å². The molecule has 1 aliphatic carbocycles. The van der Waals surface area contributed by atoms with Crippen LogP contribution in [0.3, 0.4) is 0 Å². The highest BCUT2D eigenvalue weighted by atomic mass is 19.3. The molecule has 186 valence electrons. The zero-order valence-electron chi connectivity index (χ0n) is 18.7. The van der Waals surface area contributed by atoms with Crippen molar-refractivity contribution in [2.75, 3.05) is 25.0 Å². The summed E-state index contributed by atoms with van der Waals surface area (Å²) in [5.74, 6) is -1.91. The van der Waals surface area contributed by atoms with Crippen LogP contribution in [0, 0.1) is 5.92 Å². The second-order valence-electron chi connectivity index (χ2n) is 8.75. The summed E-state index contributed by atoms with van der Waals surface area (Å²) in [7, 11) is 0. The Balaban J connectivity index is 1.37. The van der Waals surface area contributed by atoms with Gasteiger partial charge in [-0.3, -0.25) is 14.3 Å². The molecule has 1 aliphatic heterocycles. The molecule has 1 unspecified atom stereocenters. The summed E-state index contributed by atoms with van der Waals surface area (Å²) in [4.78, 5) is 28.8. The van der Waals surface area contributed by atoms with Crippen molar-refractivity contribution >= 4 is 23.2 Å². The van der Waals surface area contributed by atoms with Crippen molar-refractivity contribution < 1.29 is 28.2 Å². The molecule has 1 saturated carbocycles. The minimum atomic E-state index is -2.90. The fourth-order valence-corrected chi connectivity index (χ4v) is 4.60. The number of halogens is 2. The van der Waals surface area contributed by atoms with Crippen LogP contribution in [0.2, 0.25) is 0 Å². The lowest BCUT2D eigenvalue weighted by Crippen LogP contribution is -2.33. The number of carboxylic acid groups (broad SMARTS) is 1. The third-order valence-corrected chi connectivity index (χ3v) is 6.53. The van der Waals surface area contributed by atoms with Gasteiger partial charge in [-0.05, 0) is 31.7 Å². The fourth-order valence-electron chi connectivity index (χ4n) is 4.60. The number of fused-ring (bicyclic) bond motifs is 1. The van der Waals surface area contributed by atoms with E-state index < -0.39 is 29.9 Å². The average molecular weight is 489 g/mol. The van der Waals surface area contributed by atoms with E-state index in [1.54, 1.807) is 12.3 Å². The summed E-state index contributed by atoms with van der Waals surface area (Å²) in [5.41, 5.74) is 0.418. The minimum Gasteiger partial charge on any atom is -0.481 e. The zero-order valence-corrected chi connectivity index (χ0v) is 18.7. The first-order valence-corrected chi connectivity index (χ1v) is 11.5. The van der Waals surface area contributed by atoms with Crippen LogP contribution in [0.25, 0.3) is 5.65 Å². The lowest BCUT2D eigenvalue weighted by atomic mass is 9.86. The Morgan fingerprint density at radius 2 is 2.06 bits per heavy atom. The number of aromatic nitrogens is 5. The fraction of sp³-hybridized carbons (Fsp3) is 0.500. The number of amides is 1. The first-order valence-electron chi connectivity index (χ1n) is 11.5. The number of carbonyl (C=O) groups is 2. The van der Waals surface area contributed by atoms with Gasteiger partial charge in [0.15, 0.2) is 11.3 Å². The monoisotopic (exact) mass is 489 g/mol. The normalized spacial score (nSPS) is 23.0. The van der Waals surface area contributed by atoms with Gasteiger partial charge in [0.05, 0.1) is 36.1 Å². The van der Waals surface area contributed by atoms with Gasteiger partial charge in [-0.25, -0.2) is 18.3 Å². The lowest BCUT2D eigenvalue weighted by molar-refractivity contribution is -0.143. The van der Waals surface area contributed by atoms with Gasteiger partial charge in [0.25, 0.3) is 12.3 Å². The first kappa shape index (κ1) is 23.3. The predicted octanol–water partition coefficient (Wildman–Crippen LogP) is 2.59. The maximum atomic E-state index is 13.7. The van der Waals surface area contributed by atoms with Gasteiger partial charge in [0.1, 0.15) is 11.7 Å². The van der Waals surface area contributed by atoms with Crippen LogP contribution >= 0.6 is 0 Å². The third-order valence-electron chi connectivity index (χ3n) is 6.53. The lowest BCUT2D eigenvalue weighted by Gasteiger charge is -2.26. The molecule has 2 aliphatic rings. The molecule has 11 nitrogen and oxygen atoms in total. The predicted molar refractivity (Wildman–Crippen MR) is 118 cm³/mol. The van der Waals surface area contributed by atoms with Gasteiger partial charge in [-0.2, -0.15) is 10.2 Å². The molecule has 1 amide bonds. The van der Waals surface area contributed by atoms with Crippen LogP contribution in [-0.4, -0.2) is 61.1 Å². The molecule has 5 rings (SSSR count). The van der Waals surface area contributed by atoms with E-state index in [1.807, 2.05) is 0 Å². The zero-order chi connectivity index (χ0) is 24.5. The van der Waals surface area contributed by atoms with Crippen molar-refractivity contribution in [2.24, 2.45) is 5.92 Å². The number of aliphatic carboxylic acids is 1. The summed E-state index contributed by atoms with van der Waals surface area (Å²) < 4.78 is 36.0. The number of hydrogen-bond acceptors (Lipinski definition) is 7. The highest BCUT2D eigenvalue weighted by molar-refractivity contribution is 6.08. The van der Waals surface area contributed by atoms with Gasteiger partial charge in [-0.1, -0.05) is 0 Å². The van der Waals surface area contributed by atoms with Crippen LogP contribution in [-0.2, 0) is 9.53 Å². The minimum absolute atomic E-state index is 0.0966. The van der Waals surface area contributed by atoms with Gasteiger partial charge < -0.3 is 20.5 Å². The van der Waals surface area contributed by atoms with Crippen molar-refractivity contribution in [1.82, 2.24) is 29.7 Å². The number of nitrogens with zero attached hydrogens (tertiary/aromatic N) is 5. The van der Waals surface area contributed by atoms with Crippen LogP contribution in [0.4, 0.5) is 14.5 Å². The van der Waals surface area contributed by atoms with Gasteiger partial charge in [0, 0.05) is 25.5 Å². The van der Waals surface area contributed by atoms with E-state index in [2.05, 4.69) is 25.8 Å². The summed E-state index contributed by atoms with van der Waals surface area (Å²) >= 11 is 0. The number of carbonyl (C=O) groups excluding carboxylic acids is 1. The van der Waals surface area contributed by atoms with Gasteiger partial charge in [-0.15, -0.1) is 0 Å². The quantitative estimate of drug-likeness (QED) is 0.481. The first-order chi connectivity index (χ1) is 16.9. The van der Waals surface area contributed by atoms with Crippen LogP contribution < -0.4 is 10.6 Å². The molecule has 35 heavy (non-hydrogen) atoms. The summed E-state index contributed by atoms with van der Waals surface area (Å²) in [6.45, 7) is 1.88. The average Bonchev–Trinajstić information content (AvgIpc) is 3.49. The van der Waals surface area contributed by atoms with E-state index >= 15 is 0 Å². The molecular formula is C22H25F2N7O4. The molecule has 3 N–H and O–H groups in total. The van der Waals surface area contributed by atoms with E-state index in [0.29, 0.717) is 44.5 Å². The van der Waals surface area contributed by atoms with Gasteiger partial charge in [0.2, 0.25) is 0 Å². The largest absolute Gasteiger partial charge is 0.481 e. The topological polar surface area (TPSA) is 136 Å². The number of alkyl halides is 2. The van der Waals surface area contributed by atoms with Crippen molar-refractivity contribution in [2.45, 2.75) is 44.3 Å². The van der Waals surface area contributed by atoms with Crippen molar-refractivity contribution in [1.29, 1.82) is 0 Å². The van der Waals surface area contributed by atoms with Crippen molar-refractivity contribution in [3.8, 4) is 0 Å². The Labute approximate surface area is 198 Å². The van der Waals surface area contributed by atoms with E-state index in [9.17, 15) is 23.5 Å². The highest BCUT2D eigenvalue weighted by Crippen LogP contribution is 2.35. The number of rotatable bonds is 6. The van der Waals surface area contributed by atoms with E-state index in [1.165, 1.54) is 21.6 Å². The maximum Gasteiger partial charge on any atom is 0.306 e. The third kappa shape index (κ3) is 4.73. The highest BCUT2D eigenvalue weighted by Gasteiger charge is 2.30. The molecule has 3 aromatic rings. The molecule has 0 bridgehead atoms. The smallest absolute Gasteiger partial charge is 0.306 e. The summed E-state index contributed by atoms with van der Waals surface area (Å²) in [5, 5.41) is 23.1. The molecule has 0 aromatic carbocycles. The van der Waals surface area contributed by atoms with Crippen LogP contribution in [0.5, 0.6) is 0 Å². The maximum absolute atomic E-state index is 13.7.